The van der Waals surface area contributed by atoms with Crippen LogP contribution in [0.3, 0.4) is 0 Å². The molecule has 1 amide bonds. The number of nitrogens with one attached hydrogen (secondary N) is 2. The number of allylic oxidation sites excluding steroid dienone is 1. The third-order valence-corrected chi connectivity index (χ3v) is 3.68. The predicted molar refractivity (Wildman–Crippen MR) is 74.4 cm³/mol. The summed E-state index contributed by atoms with van der Waals surface area (Å²) in [6, 6.07) is 0.371. The first-order valence-corrected chi connectivity index (χ1v) is 6.99. The average molecular weight is 253 g/mol. The van der Waals surface area contributed by atoms with E-state index in [1.165, 1.54) is 12.8 Å². The Hall–Kier alpha value is -1.03. The molecule has 1 rings (SSSR count). The number of hydrogen-bond acceptors (Lipinski definition) is 3. The Labute approximate surface area is 110 Å². The minimum atomic E-state index is 0.1000. The Balaban J connectivity index is 2.33. The van der Waals surface area contributed by atoms with Crippen LogP contribution >= 0.6 is 0 Å². The third kappa shape index (κ3) is 5.08. The number of rotatable bonds is 5. The SMILES string of the molecule is CC1CCC(NC(=O)C/C=C(\NN)C(C)C)CC1. The molecule has 4 nitrogen and oxygen atoms in total. The number of amides is 1. The summed E-state index contributed by atoms with van der Waals surface area (Å²) in [4.78, 5) is 11.8. The maximum absolute atomic E-state index is 11.8. The lowest BCUT2D eigenvalue weighted by Crippen LogP contribution is -2.37. The zero-order chi connectivity index (χ0) is 13.5. The molecule has 18 heavy (non-hydrogen) atoms. The van der Waals surface area contributed by atoms with Crippen molar-refractivity contribution in [2.45, 2.75) is 58.9 Å². The smallest absolute Gasteiger partial charge is 0.224 e. The van der Waals surface area contributed by atoms with E-state index >= 15 is 0 Å². The second kappa shape index (κ2) is 7.41. The molecule has 0 atom stereocenters. The van der Waals surface area contributed by atoms with Crippen LogP contribution in [-0.4, -0.2) is 11.9 Å². The van der Waals surface area contributed by atoms with Crippen molar-refractivity contribution >= 4 is 5.91 Å². The Morgan fingerprint density at radius 1 is 1.33 bits per heavy atom. The standard InChI is InChI=1S/C14H27N3O/c1-10(2)13(17-15)8-9-14(18)16-12-6-4-11(3)5-7-12/h8,10-12,17H,4-7,9,15H2,1-3H3,(H,16,18)/b13-8-. The van der Waals surface area contributed by atoms with E-state index < -0.39 is 0 Å². The van der Waals surface area contributed by atoms with Crippen LogP contribution in [0.5, 0.6) is 0 Å². The molecule has 1 saturated carbocycles. The van der Waals surface area contributed by atoms with Crippen LogP contribution < -0.4 is 16.6 Å². The summed E-state index contributed by atoms with van der Waals surface area (Å²) in [5, 5.41) is 3.11. The minimum Gasteiger partial charge on any atom is -0.353 e. The van der Waals surface area contributed by atoms with Gasteiger partial charge in [-0.05, 0) is 37.5 Å². The molecular weight excluding hydrogens is 226 g/mol. The molecule has 0 aliphatic heterocycles. The first-order chi connectivity index (χ1) is 8.52. The molecule has 1 fully saturated rings. The summed E-state index contributed by atoms with van der Waals surface area (Å²) in [5.74, 6) is 6.64. The zero-order valence-corrected chi connectivity index (χ0v) is 11.8. The van der Waals surface area contributed by atoms with E-state index in [0.29, 0.717) is 18.4 Å². The van der Waals surface area contributed by atoms with Gasteiger partial charge in [-0.2, -0.15) is 0 Å². The van der Waals surface area contributed by atoms with Crippen molar-refractivity contribution in [3.05, 3.63) is 11.8 Å². The second-order valence-corrected chi connectivity index (χ2v) is 5.69. The summed E-state index contributed by atoms with van der Waals surface area (Å²) in [5.41, 5.74) is 3.57. The molecule has 1 aliphatic carbocycles. The van der Waals surface area contributed by atoms with Gasteiger partial charge in [0.1, 0.15) is 0 Å². The van der Waals surface area contributed by atoms with Crippen molar-refractivity contribution in [2.75, 3.05) is 0 Å². The molecule has 0 heterocycles. The van der Waals surface area contributed by atoms with Crippen LogP contribution in [0, 0.1) is 11.8 Å². The van der Waals surface area contributed by atoms with Gasteiger partial charge >= 0.3 is 0 Å². The fraction of sp³-hybridized carbons (Fsp3) is 0.786. The molecule has 0 unspecified atom stereocenters. The van der Waals surface area contributed by atoms with Crippen molar-refractivity contribution in [3.8, 4) is 0 Å². The van der Waals surface area contributed by atoms with E-state index in [2.05, 4.69) is 17.7 Å². The van der Waals surface area contributed by atoms with Crippen LogP contribution in [0.4, 0.5) is 0 Å². The first kappa shape index (κ1) is 15.0. The van der Waals surface area contributed by atoms with E-state index in [1.807, 2.05) is 19.9 Å². The minimum absolute atomic E-state index is 0.1000. The van der Waals surface area contributed by atoms with Gasteiger partial charge < -0.3 is 10.7 Å². The first-order valence-electron chi connectivity index (χ1n) is 6.99. The quantitative estimate of drug-likeness (QED) is 0.519. The van der Waals surface area contributed by atoms with Crippen LogP contribution in [0.1, 0.15) is 52.9 Å². The lowest BCUT2D eigenvalue weighted by atomic mass is 9.87. The van der Waals surface area contributed by atoms with Crippen molar-refractivity contribution < 1.29 is 4.79 Å². The summed E-state index contributed by atoms with van der Waals surface area (Å²) < 4.78 is 0. The van der Waals surface area contributed by atoms with Gasteiger partial charge in [0.15, 0.2) is 0 Å². The molecule has 0 radical (unpaired) electrons. The topological polar surface area (TPSA) is 67.2 Å². The van der Waals surface area contributed by atoms with Crippen LogP contribution in [0.25, 0.3) is 0 Å². The van der Waals surface area contributed by atoms with E-state index in [-0.39, 0.29) is 5.91 Å². The monoisotopic (exact) mass is 253 g/mol. The van der Waals surface area contributed by atoms with Gasteiger partial charge in [-0.15, -0.1) is 0 Å². The lowest BCUT2D eigenvalue weighted by Gasteiger charge is -2.26. The number of hydrogen-bond donors (Lipinski definition) is 3. The van der Waals surface area contributed by atoms with E-state index in [1.54, 1.807) is 0 Å². The zero-order valence-electron chi connectivity index (χ0n) is 11.8. The summed E-state index contributed by atoms with van der Waals surface area (Å²) in [6.45, 7) is 6.38. The molecular formula is C14H27N3O. The Kier molecular flexibility index (Phi) is 6.19. The van der Waals surface area contributed by atoms with Gasteiger partial charge in [-0.1, -0.05) is 26.8 Å². The maximum Gasteiger partial charge on any atom is 0.224 e. The van der Waals surface area contributed by atoms with Crippen molar-refractivity contribution in [1.29, 1.82) is 0 Å². The Morgan fingerprint density at radius 3 is 2.44 bits per heavy atom. The van der Waals surface area contributed by atoms with Gasteiger partial charge in [-0.25, -0.2) is 0 Å². The van der Waals surface area contributed by atoms with Crippen LogP contribution in [0.2, 0.25) is 0 Å². The Morgan fingerprint density at radius 2 is 1.94 bits per heavy atom. The van der Waals surface area contributed by atoms with Gasteiger partial charge in [-0.3, -0.25) is 10.6 Å². The average Bonchev–Trinajstić information content (AvgIpc) is 2.32. The normalized spacial score (nSPS) is 25.1. The molecule has 4 heteroatoms. The van der Waals surface area contributed by atoms with Crippen molar-refractivity contribution in [2.24, 2.45) is 17.7 Å². The molecule has 4 N–H and O–H groups in total. The number of carbonyl (C=O) groups is 1. The van der Waals surface area contributed by atoms with Crippen LogP contribution in [-0.2, 0) is 4.79 Å². The highest BCUT2D eigenvalue weighted by atomic mass is 16.1. The Bertz CT molecular complexity index is 291. The fourth-order valence-electron chi connectivity index (χ4n) is 2.35. The molecule has 0 saturated heterocycles. The highest BCUT2D eigenvalue weighted by molar-refractivity contribution is 5.77. The molecule has 1 aliphatic rings. The van der Waals surface area contributed by atoms with E-state index in [0.717, 1.165) is 24.5 Å². The van der Waals surface area contributed by atoms with Gasteiger partial charge in [0.25, 0.3) is 0 Å². The van der Waals surface area contributed by atoms with E-state index in [9.17, 15) is 4.79 Å². The van der Waals surface area contributed by atoms with E-state index in [4.69, 9.17) is 5.84 Å². The number of hydrazine groups is 1. The van der Waals surface area contributed by atoms with Gasteiger partial charge in [0.2, 0.25) is 5.91 Å². The third-order valence-electron chi connectivity index (χ3n) is 3.68. The number of nitrogens with two attached hydrogens (primary N) is 1. The second-order valence-electron chi connectivity index (χ2n) is 5.69. The summed E-state index contributed by atoms with van der Waals surface area (Å²) in [6.07, 6.45) is 6.96. The molecule has 104 valence electrons. The fourth-order valence-corrected chi connectivity index (χ4v) is 2.35. The van der Waals surface area contributed by atoms with Crippen LogP contribution in [0.15, 0.2) is 11.8 Å². The molecule has 0 aromatic rings. The van der Waals surface area contributed by atoms with Crippen molar-refractivity contribution in [1.82, 2.24) is 10.7 Å². The summed E-state index contributed by atoms with van der Waals surface area (Å²) >= 11 is 0. The van der Waals surface area contributed by atoms with Gasteiger partial charge in [0.05, 0.1) is 0 Å². The molecule has 0 spiro atoms. The largest absolute Gasteiger partial charge is 0.353 e. The number of carbonyl (C=O) groups excluding carboxylic acids is 1. The highest BCUT2D eigenvalue weighted by Gasteiger charge is 2.19. The summed E-state index contributed by atoms with van der Waals surface area (Å²) in [7, 11) is 0. The lowest BCUT2D eigenvalue weighted by molar-refractivity contribution is -0.121. The van der Waals surface area contributed by atoms with Gasteiger partial charge in [0, 0.05) is 18.2 Å². The maximum atomic E-state index is 11.8. The molecule has 0 bridgehead atoms. The highest BCUT2D eigenvalue weighted by Crippen LogP contribution is 2.23. The van der Waals surface area contributed by atoms with Crippen molar-refractivity contribution in [3.63, 3.8) is 0 Å². The molecule has 0 aromatic carbocycles. The predicted octanol–water partition coefficient (Wildman–Crippen LogP) is 2.07. The molecule has 0 aromatic heterocycles.